The number of hydrogen-bond donors (Lipinski definition) is 0. The predicted molar refractivity (Wildman–Crippen MR) is 87.6 cm³/mol. The molecule has 0 radical (unpaired) electrons. The van der Waals surface area contributed by atoms with Gasteiger partial charge >= 0.3 is 0 Å². The Morgan fingerprint density at radius 3 is 2.67 bits per heavy atom. The monoisotopic (exact) mass is 384 g/mol. The second-order valence-corrected chi connectivity index (χ2v) is 7.46. The summed E-state index contributed by atoms with van der Waals surface area (Å²) in [6.45, 7) is 11.2. The summed E-state index contributed by atoms with van der Waals surface area (Å²) in [6, 6.07) is 0. The van der Waals surface area contributed by atoms with Gasteiger partial charge < -0.3 is 8.92 Å². The topological polar surface area (TPSA) is 18.5 Å². The highest BCUT2D eigenvalue weighted by Crippen LogP contribution is 2.47. The molecule has 0 N–H and O–H groups in total. The molecule has 18 heavy (non-hydrogen) atoms. The van der Waals surface area contributed by atoms with E-state index in [1.807, 2.05) is 0 Å². The van der Waals surface area contributed by atoms with Crippen molar-refractivity contribution in [1.82, 2.24) is 0 Å². The molecule has 1 saturated carbocycles. The highest BCUT2D eigenvalue weighted by atomic mass is 127. The van der Waals surface area contributed by atoms with Crippen LogP contribution in [0.1, 0.15) is 52.9 Å². The van der Waals surface area contributed by atoms with Gasteiger partial charge in [0, 0.05) is 27.1 Å². The summed E-state index contributed by atoms with van der Waals surface area (Å²) in [5.41, 5.74) is -0.0985. The highest BCUT2D eigenvalue weighted by molar-refractivity contribution is 14.2. The second kappa shape index (κ2) is 8.00. The van der Waals surface area contributed by atoms with Crippen LogP contribution in [0.15, 0.2) is 12.3 Å². The van der Waals surface area contributed by atoms with E-state index in [1.165, 1.54) is 41.3 Å². The van der Waals surface area contributed by atoms with E-state index in [4.69, 9.17) is 8.92 Å². The summed E-state index contributed by atoms with van der Waals surface area (Å²) < 4.78 is 11.1. The van der Waals surface area contributed by atoms with E-state index in [2.05, 4.69) is 48.6 Å². The normalized spacial score (nSPS) is 22.9. The van der Waals surface area contributed by atoms with Gasteiger partial charge in [-0.25, -0.2) is 0 Å². The van der Waals surface area contributed by atoms with Gasteiger partial charge in [0.1, 0.15) is 5.60 Å². The van der Waals surface area contributed by atoms with E-state index in [0.717, 1.165) is 18.3 Å². The van der Waals surface area contributed by atoms with Gasteiger partial charge in [0.15, 0.2) is 0 Å². The fourth-order valence-corrected chi connectivity index (χ4v) is 2.93. The molecule has 0 aromatic heterocycles. The lowest BCUT2D eigenvalue weighted by Gasteiger charge is -2.23. The molecule has 106 valence electrons. The minimum absolute atomic E-state index is 0.0985. The third-order valence-electron chi connectivity index (χ3n) is 3.12. The molecule has 1 aliphatic rings. The van der Waals surface area contributed by atoms with E-state index < -0.39 is 0 Å². The van der Waals surface area contributed by atoms with E-state index in [9.17, 15) is 0 Å². The van der Waals surface area contributed by atoms with Crippen molar-refractivity contribution in [1.29, 1.82) is 0 Å². The van der Waals surface area contributed by atoms with E-state index in [-0.39, 0.29) is 5.60 Å². The second-order valence-electron chi connectivity index (χ2n) is 6.02. The van der Waals surface area contributed by atoms with Crippen molar-refractivity contribution in [3.05, 3.63) is 12.3 Å². The van der Waals surface area contributed by atoms with Gasteiger partial charge in [0.2, 0.25) is 0 Å². The van der Waals surface area contributed by atoms with Gasteiger partial charge in [-0.3, -0.25) is 0 Å². The third-order valence-corrected chi connectivity index (χ3v) is 4.14. The van der Waals surface area contributed by atoms with Crippen LogP contribution in [0.4, 0.5) is 0 Å². The molecule has 1 rings (SSSR count). The SMILES string of the molecule is C=C(OC(C)(C)C)[C@@H]1C[C@H]1CCCCCOSI. The molecule has 0 spiro atoms. The molecule has 1 fully saturated rings. The first-order valence-electron chi connectivity index (χ1n) is 6.72. The fraction of sp³-hybridized carbons (Fsp3) is 0.857. The molecule has 0 saturated heterocycles. The minimum Gasteiger partial charge on any atom is -0.493 e. The van der Waals surface area contributed by atoms with Gasteiger partial charge in [-0.05, 0) is 46.0 Å². The zero-order chi connectivity index (χ0) is 13.6. The fourth-order valence-electron chi connectivity index (χ4n) is 2.21. The number of hydrogen-bond acceptors (Lipinski definition) is 3. The van der Waals surface area contributed by atoms with E-state index in [0.29, 0.717) is 5.92 Å². The Kier molecular flexibility index (Phi) is 7.39. The van der Waals surface area contributed by atoms with Crippen LogP contribution in [-0.4, -0.2) is 12.2 Å². The lowest BCUT2D eigenvalue weighted by atomic mass is 10.1. The van der Waals surface area contributed by atoms with Crippen molar-refractivity contribution in [3.63, 3.8) is 0 Å². The Hall–Kier alpha value is 0.580. The molecule has 0 aromatic carbocycles. The average molecular weight is 384 g/mol. The maximum Gasteiger partial charge on any atom is 0.100 e. The van der Waals surface area contributed by atoms with Crippen LogP contribution in [0.2, 0.25) is 0 Å². The first-order chi connectivity index (χ1) is 8.44. The van der Waals surface area contributed by atoms with Crippen molar-refractivity contribution < 1.29 is 8.92 Å². The zero-order valence-electron chi connectivity index (χ0n) is 11.7. The molecule has 0 aromatic rings. The van der Waals surface area contributed by atoms with Gasteiger partial charge in [0.05, 0.1) is 21.6 Å². The molecule has 0 heterocycles. The lowest BCUT2D eigenvalue weighted by Crippen LogP contribution is -2.19. The van der Waals surface area contributed by atoms with E-state index >= 15 is 0 Å². The molecule has 2 atom stereocenters. The first kappa shape index (κ1) is 16.6. The number of halogens is 1. The summed E-state index contributed by atoms with van der Waals surface area (Å²) in [5, 5.41) is 0. The largest absolute Gasteiger partial charge is 0.493 e. The van der Waals surface area contributed by atoms with Crippen LogP contribution in [0, 0.1) is 11.8 Å². The standard InChI is InChI=1S/C14H25IO2S/c1-11(17-14(2,3)4)13-10-12(13)8-6-5-7-9-16-18-15/h12-13H,1,5-10H2,2-4H3/t12-,13+/m1/s1. The molecule has 0 aliphatic heterocycles. The van der Waals surface area contributed by atoms with Gasteiger partial charge in [0.25, 0.3) is 0 Å². The number of unbranched alkanes of at least 4 members (excludes halogenated alkanes) is 2. The third kappa shape index (κ3) is 7.24. The molecule has 0 bridgehead atoms. The molecule has 2 nitrogen and oxygen atoms in total. The number of ether oxygens (including phenoxy) is 1. The van der Waals surface area contributed by atoms with Gasteiger partial charge in [-0.15, -0.1) is 0 Å². The van der Waals surface area contributed by atoms with Crippen molar-refractivity contribution >= 4 is 30.4 Å². The maximum atomic E-state index is 5.83. The number of rotatable bonds is 9. The Labute approximate surface area is 128 Å². The van der Waals surface area contributed by atoms with Crippen molar-refractivity contribution in [2.75, 3.05) is 6.61 Å². The van der Waals surface area contributed by atoms with Gasteiger partial charge in [-0.2, -0.15) is 0 Å². The van der Waals surface area contributed by atoms with Crippen LogP contribution in [0.25, 0.3) is 0 Å². The van der Waals surface area contributed by atoms with Crippen molar-refractivity contribution in [2.24, 2.45) is 11.8 Å². The summed E-state index contributed by atoms with van der Waals surface area (Å²) in [4.78, 5) is 0. The summed E-state index contributed by atoms with van der Waals surface area (Å²) in [5.74, 6) is 2.43. The smallest absolute Gasteiger partial charge is 0.100 e. The number of allylic oxidation sites excluding steroid dienone is 1. The van der Waals surface area contributed by atoms with Crippen LogP contribution in [0.5, 0.6) is 0 Å². The summed E-state index contributed by atoms with van der Waals surface area (Å²) in [7, 11) is 1.43. The van der Waals surface area contributed by atoms with Crippen LogP contribution < -0.4 is 0 Å². The highest BCUT2D eigenvalue weighted by Gasteiger charge is 2.40. The molecule has 0 unspecified atom stereocenters. The molecule has 4 heteroatoms. The molecular weight excluding hydrogens is 359 g/mol. The summed E-state index contributed by atoms with van der Waals surface area (Å²) >= 11 is 2.16. The van der Waals surface area contributed by atoms with Crippen LogP contribution in [-0.2, 0) is 8.92 Å². The minimum atomic E-state index is -0.0985. The zero-order valence-corrected chi connectivity index (χ0v) is 14.7. The quantitative estimate of drug-likeness (QED) is 0.226. The Balaban J connectivity index is 2.02. The summed E-state index contributed by atoms with van der Waals surface area (Å²) in [6.07, 6.45) is 6.34. The molecule has 1 aliphatic carbocycles. The Bertz CT molecular complexity index is 263. The average Bonchev–Trinajstić information content (AvgIpc) is 3.00. The molecule has 0 amide bonds. The van der Waals surface area contributed by atoms with E-state index in [1.54, 1.807) is 0 Å². The Morgan fingerprint density at radius 2 is 2.06 bits per heavy atom. The van der Waals surface area contributed by atoms with Crippen molar-refractivity contribution in [2.45, 2.75) is 58.5 Å². The van der Waals surface area contributed by atoms with Crippen molar-refractivity contribution in [3.8, 4) is 0 Å². The maximum absolute atomic E-state index is 5.83. The van der Waals surface area contributed by atoms with Gasteiger partial charge in [-0.1, -0.05) is 19.4 Å². The molecular formula is C14H25IO2S. The predicted octanol–water partition coefficient (Wildman–Crippen LogP) is 5.53. The lowest BCUT2D eigenvalue weighted by molar-refractivity contribution is 0.0431. The van der Waals surface area contributed by atoms with Crippen LogP contribution >= 0.6 is 30.4 Å². The first-order valence-corrected chi connectivity index (χ1v) is 10.0. The van der Waals surface area contributed by atoms with Crippen LogP contribution in [0.3, 0.4) is 0 Å². The Morgan fingerprint density at radius 1 is 1.33 bits per heavy atom.